The van der Waals surface area contributed by atoms with Crippen molar-refractivity contribution in [1.82, 2.24) is 5.32 Å². The first kappa shape index (κ1) is 11.9. The summed E-state index contributed by atoms with van der Waals surface area (Å²) in [5, 5.41) is 5.11. The van der Waals surface area contributed by atoms with Gasteiger partial charge in [-0.25, -0.2) is 0 Å². The smallest absolute Gasteiger partial charge is 0.157 e. The van der Waals surface area contributed by atoms with Crippen molar-refractivity contribution in [3.05, 3.63) is 29.3 Å². The van der Waals surface area contributed by atoms with Crippen LogP contribution >= 0.6 is 11.8 Å². The highest BCUT2D eigenvalue weighted by Crippen LogP contribution is 2.36. The molecule has 2 heterocycles. The molecule has 1 aromatic rings. The molecule has 2 unspecified atom stereocenters. The van der Waals surface area contributed by atoms with Gasteiger partial charge in [-0.05, 0) is 23.6 Å². The molecule has 0 aliphatic carbocycles. The molecule has 0 aromatic heterocycles. The number of nitrogens with one attached hydrogen (secondary N) is 1. The monoisotopic (exact) mass is 261 g/mol. The van der Waals surface area contributed by atoms with Gasteiger partial charge in [0.05, 0.1) is 6.04 Å². The Bertz CT molecular complexity index is 498. The summed E-state index contributed by atoms with van der Waals surface area (Å²) in [5.41, 5.74) is 4.26. The number of benzene rings is 1. The van der Waals surface area contributed by atoms with E-state index in [-0.39, 0.29) is 0 Å². The van der Waals surface area contributed by atoms with Crippen molar-refractivity contribution in [3.8, 4) is 0 Å². The maximum Gasteiger partial charge on any atom is 0.157 e. The molecular formula is C14H19N3S. The van der Waals surface area contributed by atoms with E-state index < -0.39 is 0 Å². The van der Waals surface area contributed by atoms with E-state index in [1.54, 1.807) is 0 Å². The van der Waals surface area contributed by atoms with Gasteiger partial charge in [-0.1, -0.05) is 30.8 Å². The maximum absolute atomic E-state index is 4.26. The molecule has 2 atom stereocenters. The molecular weight excluding hydrogens is 242 g/mol. The Kier molecular flexibility index (Phi) is 2.98. The lowest BCUT2D eigenvalue weighted by Crippen LogP contribution is -2.22. The summed E-state index contributed by atoms with van der Waals surface area (Å²) in [5.74, 6) is 0. The van der Waals surface area contributed by atoms with Crippen molar-refractivity contribution in [1.29, 1.82) is 0 Å². The standard InChI is InChI=1S/C14H19N3S/c1-9-13(16-14(15-2)18-9)11-4-5-12-10(8-11)6-7-17(12)3/h4-5,8-9,13H,6-7H2,1-3H3,(H,15,16). The zero-order valence-electron chi connectivity index (χ0n) is 11.1. The summed E-state index contributed by atoms with van der Waals surface area (Å²) >= 11 is 1.83. The second-order valence-corrected chi connectivity index (χ2v) is 6.40. The van der Waals surface area contributed by atoms with Gasteiger partial charge in [0.2, 0.25) is 0 Å². The Balaban J connectivity index is 1.90. The van der Waals surface area contributed by atoms with E-state index in [1.165, 1.54) is 23.2 Å². The molecule has 0 amide bonds. The highest BCUT2D eigenvalue weighted by molar-refractivity contribution is 8.14. The topological polar surface area (TPSA) is 27.6 Å². The van der Waals surface area contributed by atoms with Crippen LogP contribution < -0.4 is 10.2 Å². The van der Waals surface area contributed by atoms with E-state index >= 15 is 0 Å². The number of aliphatic imine (C=N–C) groups is 1. The number of anilines is 1. The van der Waals surface area contributed by atoms with Crippen molar-refractivity contribution < 1.29 is 0 Å². The summed E-state index contributed by atoms with van der Waals surface area (Å²) in [4.78, 5) is 6.59. The fraction of sp³-hybridized carbons (Fsp3) is 0.500. The van der Waals surface area contributed by atoms with Crippen molar-refractivity contribution in [3.63, 3.8) is 0 Å². The molecule has 96 valence electrons. The molecule has 2 aliphatic heterocycles. The predicted molar refractivity (Wildman–Crippen MR) is 79.7 cm³/mol. The quantitative estimate of drug-likeness (QED) is 0.841. The molecule has 1 fully saturated rings. The van der Waals surface area contributed by atoms with Crippen LogP contribution in [0.2, 0.25) is 0 Å². The third-order valence-electron chi connectivity index (χ3n) is 3.84. The molecule has 0 spiro atoms. The van der Waals surface area contributed by atoms with Crippen LogP contribution in [0, 0.1) is 0 Å². The number of rotatable bonds is 1. The lowest BCUT2D eigenvalue weighted by Gasteiger charge is -2.17. The van der Waals surface area contributed by atoms with E-state index in [0.717, 1.165) is 11.7 Å². The van der Waals surface area contributed by atoms with Crippen LogP contribution in [0.5, 0.6) is 0 Å². The van der Waals surface area contributed by atoms with Gasteiger partial charge >= 0.3 is 0 Å². The molecule has 18 heavy (non-hydrogen) atoms. The molecule has 0 radical (unpaired) electrons. The fourth-order valence-electron chi connectivity index (χ4n) is 2.78. The average molecular weight is 261 g/mol. The molecule has 0 saturated carbocycles. The van der Waals surface area contributed by atoms with Crippen molar-refractivity contribution in [2.45, 2.75) is 24.6 Å². The minimum atomic E-state index is 0.393. The SMILES string of the molecule is CN=C1NC(c2ccc3c(c2)CCN3C)C(C)S1. The van der Waals surface area contributed by atoms with Gasteiger partial charge in [-0.15, -0.1) is 0 Å². The highest BCUT2D eigenvalue weighted by Gasteiger charge is 2.30. The number of likely N-dealkylation sites (N-methyl/N-ethyl adjacent to an activating group) is 1. The summed E-state index contributed by atoms with van der Waals surface area (Å²) in [6.45, 7) is 3.41. The number of hydrogen-bond donors (Lipinski definition) is 1. The summed E-state index contributed by atoms with van der Waals surface area (Å²) in [7, 11) is 4.02. The summed E-state index contributed by atoms with van der Waals surface area (Å²) < 4.78 is 0. The second kappa shape index (κ2) is 4.50. The Morgan fingerprint density at radius 3 is 3.00 bits per heavy atom. The van der Waals surface area contributed by atoms with Gasteiger partial charge in [0.1, 0.15) is 0 Å². The van der Waals surface area contributed by atoms with Crippen molar-refractivity contribution >= 4 is 22.6 Å². The van der Waals surface area contributed by atoms with E-state index in [9.17, 15) is 0 Å². The molecule has 2 aliphatic rings. The zero-order chi connectivity index (χ0) is 12.7. The van der Waals surface area contributed by atoms with Crippen molar-refractivity contribution in [2.75, 3.05) is 25.5 Å². The number of amidine groups is 1. The van der Waals surface area contributed by atoms with Crippen LogP contribution in [0.3, 0.4) is 0 Å². The number of fused-ring (bicyclic) bond motifs is 1. The first-order valence-electron chi connectivity index (χ1n) is 6.43. The average Bonchev–Trinajstić information content (AvgIpc) is 2.93. The van der Waals surface area contributed by atoms with Crippen molar-refractivity contribution in [2.24, 2.45) is 4.99 Å². The third kappa shape index (κ3) is 1.88. The zero-order valence-corrected chi connectivity index (χ0v) is 11.9. The fourth-order valence-corrected chi connectivity index (χ4v) is 3.79. The number of hydrogen-bond acceptors (Lipinski definition) is 3. The van der Waals surface area contributed by atoms with Crippen LogP contribution in [0.4, 0.5) is 5.69 Å². The predicted octanol–water partition coefficient (Wildman–Crippen LogP) is 2.43. The van der Waals surface area contributed by atoms with E-state index in [4.69, 9.17) is 0 Å². The van der Waals surface area contributed by atoms with Gasteiger partial charge in [-0.2, -0.15) is 0 Å². The van der Waals surface area contributed by atoms with Gasteiger partial charge in [0.25, 0.3) is 0 Å². The minimum absolute atomic E-state index is 0.393. The molecule has 3 nitrogen and oxygen atoms in total. The van der Waals surface area contributed by atoms with Gasteiger partial charge in [0.15, 0.2) is 5.17 Å². The molecule has 0 bridgehead atoms. The highest BCUT2D eigenvalue weighted by atomic mass is 32.2. The lowest BCUT2D eigenvalue weighted by atomic mass is 10.0. The normalized spacial score (nSPS) is 28.6. The molecule has 1 saturated heterocycles. The first-order valence-corrected chi connectivity index (χ1v) is 7.31. The van der Waals surface area contributed by atoms with E-state index in [2.05, 4.69) is 47.4 Å². The second-order valence-electron chi connectivity index (χ2n) is 5.03. The molecule has 3 rings (SSSR count). The van der Waals surface area contributed by atoms with E-state index in [1.807, 2.05) is 18.8 Å². The summed E-state index contributed by atoms with van der Waals surface area (Å²) in [6.07, 6.45) is 1.17. The first-order chi connectivity index (χ1) is 8.69. The maximum atomic E-state index is 4.26. The van der Waals surface area contributed by atoms with Crippen LogP contribution in [0.25, 0.3) is 0 Å². The van der Waals surface area contributed by atoms with Crippen LogP contribution in [0.1, 0.15) is 24.1 Å². The number of nitrogens with zero attached hydrogens (tertiary/aromatic N) is 2. The van der Waals surface area contributed by atoms with E-state index in [0.29, 0.717) is 11.3 Å². The third-order valence-corrected chi connectivity index (χ3v) is 5.01. The molecule has 4 heteroatoms. The van der Waals surface area contributed by atoms with Gasteiger partial charge in [0, 0.05) is 31.6 Å². The number of thioether (sulfide) groups is 1. The minimum Gasteiger partial charge on any atom is -0.374 e. The van der Waals surface area contributed by atoms with Crippen LogP contribution in [-0.2, 0) is 6.42 Å². The van der Waals surface area contributed by atoms with Crippen LogP contribution in [-0.4, -0.2) is 31.1 Å². The Labute approximate surface area is 113 Å². The Hall–Kier alpha value is -1.16. The Morgan fingerprint density at radius 2 is 2.28 bits per heavy atom. The van der Waals surface area contributed by atoms with Gasteiger partial charge < -0.3 is 10.2 Å². The summed E-state index contributed by atoms with van der Waals surface area (Å²) in [6, 6.07) is 7.28. The van der Waals surface area contributed by atoms with Gasteiger partial charge in [-0.3, -0.25) is 4.99 Å². The largest absolute Gasteiger partial charge is 0.374 e. The lowest BCUT2D eigenvalue weighted by molar-refractivity contribution is 0.662. The molecule has 1 N–H and O–H groups in total. The molecule has 1 aromatic carbocycles. The Morgan fingerprint density at radius 1 is 1.44 bits per heavy atom. The van der Waals surface area contributed by atoms with Crippen LogP contribution in [0.15, 0.2) is 23.2 Å².